The van der Waals surface area contributed by atoms with Crippen molar-refractivity contribution in [3.05, 3.63) is 52.0 Å². The highest BCUT2D eigenvalue weighted by Crippen LogP contribution is 2.30. The molecule has 12 heteroatoms. The molecule has 0 saturated carbocycles. The van der Waals surface area contributed by atoms with E-state index in [1.807, 2.05) is 0 Å². The van der Waals surface area contributed by atoms with Gasteiger partial charge < -0.3 is 15.1 Å². The van der Waals surface area contributed by atoms with Crippen LogP contribution in [0.4, 0.5) is 15.8 Å². The van der Waals surface area contributed by atoms with Crippen LogP contribution >= 0.6 is 0 Å². The molecule has 1 saturated heterocycles. The van der Waals surface area contributed by atoms with Crippen LogP contribution in [0.5, 0.6) is 0 Å². The Morgan fingerprint density at radius 2 is 1.85 bits per heavy atom. The summed E-state index contributed by atoms with van der Waals surface area (Å²) in [5, 5.41) is 10.7. The maximum absolute atomic E-state index is 13.3. The van der Waals surface area contributed by atoms with Crippen LogP contribution in [0, 0.1) is 15.9 Å². The van der Waals surface area contributed by atoms with Crippen LogP contribution in [0.1, 0.15) is 10.6 Å². The van der Waals surface area contributed by atoms with E-state index in [9.17, 15) is 27.7 Å². The van der Waals surface area contributed by atoms with Crippen molar-refractivity contribution >= 4 is 27.3 Å². The zero-order chi connectivity index (χ0) is 19.8. The molecule has 2 aromatic rings. The molecule has 10 nitrogen and oxygen atoms in total. The molecule has 1 aromatic carbocycles. The van der Waals surface area contributed by atoms with Gasteiger partial charge in [-0.15, -0.1) is 0 Å². The topological polar surface area (TPSA) is 140 Å². The predicted molar refractivity (Wildman–Crippen MR) is 91.3 cm³/mol. The minimum Gasteiger partial charge on any atom is -0.438 e. The fraction of sp³-hybridized carbons (Fsp3) is 0.267. The van der Waals surface area contributed by atoms with Crippen molar-refractivity contribution in [2.75, 3.05) is 31.1 Å². The number of carbonyl (C=O) groups is 1. The molecule has 0 unspecified atom stereocenters. The van der Waals surface area contributed by atoms with Gasteiger partial charge in [-0.3, -0.25) is 14.9 Å². The Bertz CT molecular complexity index is 997. The van der Waals surface area contributed by atoms with Crippen LogP contribution in [0.25, 0.3) is 0 Å². The largest absolute Gasteiger partial charge is 0.438 e. The number of hydrogen-bond acceptors (Lipinski definition) is 7. The zero-order valence-electron chi connectivity index (χ0n) is 13.9. The number of carbonyl (C=O) groups excluding carboxylic acids is 1. The molecule has 1 aliphatic heterocycles. The number of piperazine rings is 1. The summed E-state index contributed by atoms with van der Waals surface area (Å²) in [5.41, 5.74) is 4.88. The SMILES string of the molecule is NC(=O)c1ccc(S(=O)(=O)N2CCN(c3ccc(F)cc3[N+](=O)[O-])CC2)o1. The first-order chi connectivity index (χ1) is 12.7. The fourth-order valence-electron chi connectivity index (χ4n) is 2.80. The van der Waals surface area contributed by atoms with E-state index in [1.165, 1.54) is 12.1 Å². The number of rotatable bonds is 5. The lowest BCUT2D eigenvalue weighted by atomic mass is 10.2. The van der Waals surface area contributed by atoms with Gasteiger partial charge in [0.05, 0.1) is 11.0 Å². The smallest absolute Gasteiger partial charge is 0.295 e. The molecular weight excluding hydrogens is 383 g/mol. The van der Waals surface area contributed by atoms with Gasteiger partial charge in [-0.05, 0) is 24.3 Å². The summed E-state index contributed by atoms with van der Waals surface area (Å²) in [7, 11) is -3.98. The average Bonchev–Trinajstić information content (AvgIpc) is 3.13. The Balaban J connectivity index is 1.77. The van der Waals surface area contributed by atoms with Gasteiger partial charge in [0.15, 0.2) is 5.76 Å². The van der Waals surface area contributed by atoms with Crippen molar-refractivity contribution < 1.29 is 26.9 Å². The van der Waals surface area contributed by atoms with Gasteiger partial charge in [0, 0.05) is 26.2 Å². The summed E-state index contributed by atoms with van der Waals surface area (Å²) >= 11 is 0. The number of nitro benzene ring substituents is 1. The van der Waals surface area contributed by atoms with Crippen LogP contribution in [-0.4, -0.2) is 49.7 Å². The summed E-state index contributed by atoms with van der Waals surface area (Å²) in [6.07, 6.45) is 0. The molecular formula is C15H15FN4O6S. The van der Waals surface area contributed by atoms with Gasteiger partial charge in [-0.2, -0.15) is 4.31 Å². The number of furan rings is 1. The van der Waals surface area contributed by atoms with E-state index >= 15 is 0 Å². The first kappa shape index (κ1) is 18.8. The third-order valence-corrected chi connectivity index (χ3v) is 5.90. The minimum atomic E-state index is -3.98. The highest BCUT2D eigenvalue weighted by molar-refractivity contribution is 7.89. The van der Waals surface area contributed by atoms with Crippen LogP contribution in [0.3, 0.4) is 0 Å². The predicted octanol–water partition coefficient (Wildman–Crippen LogP) is 0.937. The lowest BCUT2D eigenvalue weighted by molar-refractivity contribution is -0.384. The lowest BCUT2D eigenvalue weighted by Gasteiger charge is -2.34. The van der Waals surface area contributed by atoms with E-state index in [0.29, 0.717) is 0 Å². The number of nitrogens with two attached hydrogens (primary N) is 1. The number of amides is 1. The van der Waals surface area contributed by atoms with E-state index in [0.717, 1.165) is 22.5 Å². The molecule has 2 heterocycles. The van der Waals surface area contributed by atoms with Crippen molar-refractivity contribution in [1.82, 2.24) is 4.31 Å². The lowest BCUT2D eigenvalue weighted by Crippen LogP contribution is -2.48. The summed E-state index contributed by atoms with van der Waals surface area (Å²) in [6.45, 7) is 0.386. The normalized spacial score (nSPS) is 15.7. The van der Waals surface area contributed by atoms with E-state index < -0.39 is 31.8 Å². The number of nitro groups is 1. The van der Waals surface area contributed by atoms with E-state index in [2.05, 4.69) is 0 Å². The monoisotopic (exact) mass is 398 g/mol. The third-order valence-electron chi connectivity index (χ3n) is 4.13. The van der Waals surface area contributed by atoms with Crippen LogP contribution in [0.15, 0.2) is 39.8 Å². The first-order valence-corrected chi connectivity index (χ1v) is 9.23. The van der Waals surface area contributed by atoms with E-state index in [4.69, 9.17) is 10.2 Å². The van der Waals surface area contributed by atoms with Gasteiger partial charge in [-0.25, -0.2) is 12.8 Å². The van der Waals surface area contributed by atoms with Gasteiger partial charge in [0.1, 0.15) is 11.5 Å². The molecule has 1 fully saturated rings. The highest BCUT2D eigenvalue weighted by Gasteiger charge is 2.33. The maximum Gasteiger partial charge on any atom is 0.295 e. The quantitative estimate of drug-likeness (QED) is 0.584. The maximum atomic E-state index is 13.3. The standard InChI is InChI=1S/C15H15FN4O6S/c16-10-1-2-11(12(9-10)20(22)23)18-5-7-19(8-6-18)27(24,25)14-4-3-13(26-14)15(17)21/h1-4,9H,5-8H2,(H2,17,21). The Morgan fingerprint density at radius 3 is 2.41 bits per heavy atom. The molecule has 0 radical (unpaired) electrons. The second kappa shape index (κ2) is 6.96. The summed E-state index contributed by atoms with van der Waals surface area (Å²) in [6, 6.07) is 5.55. The molecule has 3 rings (SSSR count). The zero-order valence-corrected chi connectivity index (χ0v) is 14.7. The van der Waals surface area contributed by atoms with Crippen LogP contribution < -0.4 is 10.6 Å². The second-order valence-electron chi connectivity index (χ2n) is 5.76. The number of hydrogen-bond donors (Lipinski definition) is 1. The Hall–Kier alpha value is -2.99. The number of primary amides is 1. The van der Waals surface area contributed by atoms with Crippen molar-refractivity contribution in [3.8, 4) is 0 Å². The molecule has 27 heavy (non-hydrogen) atoms. The Kier molecular flexibility index (Phi) is 4.85. The molecule has 0 atom stereocenters. The van der Waals surface area contributed by atoms with Gasteiger partial charge >= 0.3 is 0 Å². The van der Waals surface area contributed by atoms with E-state index in [1.54, 1.807) is 4.90 Å². The van der Waals surface area contributed by atoms with E-state index in [-0.39, 0.29) is 43.3 Å². The molecule has 1 aromatic heterocycles. The number of nitrogens with zero attached hydrogens (tertiary/aromatic N) is 3. The number of halogens is 1. The molecule has 144 valence electrons. The molecule has 0 bridgehead atoms. The van der Waals surface area contributed by atoms with Crippen molar-refractivity contribution in [3.63, 3.8) is 0 Å². The first-order valence-electron chi connectivity index (χ1n) is 7.79. The third kappa shape index (κ3) is 3.61. The van der Waals surface area contributed by atoms with Crippen LogP contribution in [-0.2, 0) is 10.0 Å². The van der Waals surface area contributed by atoms with Gasteiger partial charge in [-0.1, -0.05) is 0 Å². The van der Waals surface area contributed by atoms with Crippen LogP contribution in [0.2, 0.25) is 0 Å². The van der Waals surface area contributed by atoms with Crippen molar-refractivity contribution in [2.24, 2.45) is 5.73 Å². The fourth-order valence-corrected chi connectivity index (χ4v) is 4.13. The number of benzene rings is 1. The molecule has 1 amide bonds. The molecule has 2 N–H and O–H groups in total. The van der Waals surface area contributed by atoms with Gasteiger partial charge in [0.2, 0.25) is 5.09 Å². The Labute approximate surface area is 153 Å². The molecule has 1 aliphatic rings. The second-order valence-corrected chi connectivity index (χ2v) is 7.63. The highest BCUT2D eigenvalue weighted by atomic mass is 32.2. The van der Waals surface area contributed by atoms with Crippen molar-refractivity contribution in [2.45, 2.75) is 5.09 Å². The molecule has 0 aliphatic carbocycles. The minimum absolute atomic E-state index is 0.0312. The number of anilines is 1. The Morgan fingerprint density at radius 1 is 1.19 bits per heavy atom. The summed E-state index contributed by atoms with van der Waals surface area (Å²) < 4.78 is 44.6. The summed E-state index contributed by atoms with van der Waals surface area (Å²) in [4.78, 5) is 23.1. The van der Waals surface area contributed by atoms with Crippen molar-refractivity contribution in [1.29, 1.82) is 0 Å². The molecule has 0 spiro atoms. The summed E-state index contributed by atoms with van der Waals surface area (Å²) in [5.74, 6) is -1.88. The van der Waals surface area contributed by atoms with Gasteiger partial charge in [0.25, 0.3) is 21.6 Å². The number of sulfonamides is 1. The average molecular weight is 398 g/mol.